The quantitative estimate of drug-likeness (QED) is 0.135. The van der Waals surface area contributed by atoms with E-state index < -0.39 is 0 Å². The molecule has 0 fully saturated rings. The Hall–Kier alpha value is -10.6. The minimum atomic E-state index is 0.611. The summed E-state index contributed by atoms with van der Waals surface area (Å²) in [6.45, 7) is 0. The number of hydrogen-bond acceptors (Lipinski definition) is 4. The average molecular weight is 1010 g/mol. The number of hydrogen-bond donors (Lipinski definition) is 0. The maximum atomic E-state index is 5.44. The molecule has 3 heterocycles. The Kier molecular flexibility index (Phi) is 11.1. The molecule has 0 atom stereocenters. The normalized spacial score (nSPS) is 11.5. The summed E-state index contributed by atoms with van der Waals surface area (Å²) in [6, 6.07) is 101. The average Bonchev–Trinajstić information content (AvgIpc) is 4.12. The van der Waals surface area contributed by atoms with E-state index in [2.05, 4.69) is 278 Å². The third-order valence-electron chi connectivity index (χ3n) is 15.4. The van der Waals surface area contributed by atoms with Gasteiger partial charge >= 0.3 is 0 Å². The van der Waals surface area contributed by atoms with Crippen molar-refractivity contribution in [1.29, 1.82) is 0 Å². The minimum absolute atomic E-state index is 0.611. The van der Waals surface area contributed by atoms with Crippen molar-refractivity contribution in [2.24, 2.45) is 0 Å². The third-order valence-corrected chi connectivity index (χ3v) is 15.4. The molecule has 15 aromatic rings. The fourth-order valence-electron chi connectivity index (χ4n) is 11.5. The zero-order valence-electron chi connectivity index (χ0n) is 42.9. The minimum Gasteiger partial charge on any atom is -0.309 e. The van der Waals surface area contributed by atoms with Crippen LogP contribution in [0.2, 0.25) is 0 Å². The van der Waals surface area contributed by atoms with Crippen molar-refractivity contribution in [2.75, 3.05) is 0 Å². The molecule has 5 heteroatoms. The van der Waals surface area contributed by atoms with Gasteiger partial charge in [0.25, 0.3) is 0 Å². The highest BCUT2D eigenvalue weighted by molar-refractivity contribution is 6.23. The number of nitrogens with zero attached hydrogens (tertiary/aromatic N) is 5. The lowest BCUT2D eigenvalue weighted by Gasteiger charge is -2.15. The lowest BCUT2D eigenvalue weighted by Crippen LogP contribution is -2.00. The molecule has 0 unspecified atom stereocenters. The predicted octanol–water partition coefficient (Wildman–Crippen LogP) is 19.2. The highest BCUT2D eigenvalue weighted by Gasteiger charge is 2.18. The molecule has 0 amide bonds. The van der Waals surface area contributed by atoms with Crippen molar-refractivity contribution in [3.8, 4) is 95.6 Å². The van der Waals surface area contributed by atoms with Crippen molar-refractivity contribution >= 4 is 54.3 Å². The standard InChI is InChI=1S/C74H47N5/c1-3-15-48(16-4-1)56-20-13-22-59(45-56)73-76-72(77-74(78-73)60-23-14-21-57(46-60)49-17-5-2-6-18-49)55-35-31-51(32-36-55)50-29-33-54(34-30-50)71-65-43-39-53-19-7-8-24-62(53)70(65)66-47-58(40-44-67(66)75-71)52-37-41-61(42-38-52)79-68-27-11-9-25-63(68)64-26-10-12-28-69(64)79/h1-47H. The van der Waals surface area contributed by atoms with Crippen LogP contribution in [0.15, 0.2) is 285 Å². The van der Waals surface area contributed by atoms with Gasteiger partial charge in [-0.25, -0.2) is 19.9 Å². The molecular formula is C74H47N5. The second kappa shape index (κ2) is 19.2. The molecule has 3 aromatic heterocycles. The van der Waals surface area contributed by atoms with Crippen LogP contribution in [0.3, 0.4) is 0 Å². The molecule has 368 valence electrons. The molecule has 0 saturated heterocycles. The van der Waals surface area contributed by atoms with Gasteiger partial charge in [0.1, 0.15) is 0 Å². The fraction of sp³-hybridized carbons (Fsp3) is 0. The topological polar surface area (TPSA) is 56.5 Å². The van der Waals surface area contributed by atoms with Crippen molar-refractivity contribution in [1.82, 2.24) is 24.5 Å². The zero-order valence-corrected chi connectivity index (χ0v) is 42.9. The van der Waals surface area contributed by atoms with E-state index in [1.54, 1.807) is 0 Å². The molecule has 0 aliphatic rings. The van der Waals surface area contributed by atoms with E-state index in [1.807, 2.05) is 12.1 Å². The first-order chi connectivity index (χ1) is 39.1. The molecular weight excluding hydrogens is 959 g/mol. The molecule has 0 aliphatic heterocycles. The van der Waals surface area contributed by atoms with Gasteiger partial charge in [-0.3, -0.25) is 0 Å². The Bertz CT molecular complexity index is 4640. The van der Waals surface area contributed by atoms with E-state index in [4.69, 9.17) is 19.9 Å². The summed E-state index contributed by atoms with van der Waals surface area (Å²) in [5.74, 6) is 1.85. The Morgan fingerprint density at radius 1 is 0.228 bits per heavy atom. The van der Waals surface area contributed by atoms with Crippen LogP contribution in [0.25, 0.3) is 150 Å². The molecule has 0 saturated carbocycles. The van der Waals surface area contributed by atoms with E-state index >= 15 is 0 Å². The second-order valence-corrected chi connectivity index (χ2v) is 20.2. The van der Waals surface area contributed by atoms with Crippen LogP contribution >= 0.6 is 0 Å². The van der Waals surface area contributed by atoms with Gasteiger partial charge in [0.05, 0.1) is 22.2 Å². The van der Waals surface area contributed by atoms with Gasteiger partial charge in [-0.05, 0) is 104 Å². The van der Waals surface area contributed by atoms with Crippen LogP contribution in [-0.4, -0.2) is 24.5 Å². The molecule has 12 aromatic carbocycles. The molecule has 0 spiro atoms. The summed E-state index contributed by atoms with van der Waals surface area (Å²) in [5, 5.41) is 8.39. The van der Waals surface area contributed by atoms with Crippen molar-refractivity contribution < 1.29 is 0 Å². The summed E-state index contributed by atoms with van der Waals surface area (Å²) in [4.78, 5) is 20.9. The van der Waals surface area contributed by atoms with E-state index in [0.29, 0.717) is 17.5 Å². The molecule has 79 heavy (non-hydrogen) atoms. The van der Waals surface area contributed by atoms with Gasteiger partial charge in [-0.2, -0.15) is 0 Å². The van der Waals surface area contributed by atoms with Crippen molar-refractivity contribution in [3.05, 3.63) is 285 Å². The van der Waals surface area contributed by atoms with E-state index in [1.165, 1.54) is 38.0 Å². The van der Waals surface area contributed by atoms with Crippen molar-refractivity contribution in [2.45, 2.75) is 0 Å². The number of para-hydroxylation sites is 2. The number of rotatable bonds is 9. The van der Waals surface area contributed by atoms with Gasteiger partial charge in [0, 0.05) is 54.9 Å². The SMILES string of the molecule is c1ccc(-c2cccc(-c3nc(-c4ccc(-c5ccc(-c6nc7ccc(-c8ccc(-n9c%10ccccc%10c%10ccccc%109)cc8)cc7c7c6ccc6ccccc67)cc5)cc4)nc(-c4cccc(-c5ccccc5)c4)n3)c2)cc1. The summed E-state index contributed by atoms with van der Waals surface area (Å²) in [7, 11) is 0. The zero-order chi connectivity index (χ0) is 52.2. The lowest BCUT2D eigenvalue weighted by atomic mass is 9.93. The van der Waals surface area contributed by atoms with Gasteiger partial charge in [0.2, 0.25) is 0 Å². The number of fused-ring (bicyclic) bond motifs is 8. The first-order valence-corrected chi connectivity index (χ1v) is 26.8. The fourth-order valence-corrected chi connectivity index (χ4v) is 11.5. The van der Waals surface area contributed by atoms with Gasteiger partial charge in [-0.15, -0.1) is 0 Å². The Morgan fingerprint density at radius 2 is 0.646 bits per heavy atom. The summed E-state index contributed by atoms with van der Waals surface area (Å²) >= 11 is 0. The second-order valence-electron chi connectivity index (χ2n) is 20.2. The molecule has 15 rings (SSSR count). The van der Waals surface area contributed by atoms with Crippen LogP contribution < -0.4 is 0 Å². The maximum absolute atomic E-state index is 5.44. The van der Waals surface area contributed by atoms with Gasteiger partial charge in [-0.1, -0.05) is 237 Å². The van der Waals surface area contributed by atoms with Crippen LogP contribution in [0.4, 0.5) is 0 Å². The molecule has 0 bridgehead atoms. The highest BCUT2D eigenvalue weighted by Crippen LogP contribution is 2.40. The molecule has 5 nitrogen and oxygen atoms in total. The molecule has 0 radical (unpaired) electrons. The van der Waals surface area contributed by atoms with E-state index in [9.17, 15) is 0 Å². The van der Waals surface area contributed by atoms with Crippen LogP contribution in [0.1, 0.15) is 0 Å². The smallest absolute Gasteiger partial charge is 0.164 e. The van der Waals surface area contributed by atoms with Crippen molar-refractivity contribution in [3.63, 3.8) is 0 Å². The number of benzene rings is 12. The number of pyridine rings is 1. The summed E-state index contributed by atoms with van der Waals surface area (Å²) in [6.07, 6.45) is 0. The lowest BCUT2D eigenvalue weighted by molar-refractivity contribution is 1.07. The number of aromatic nitrogens is 5. The highest BCUT2D eigenvalue weighted by atomic mass is 15.0. The van der Waals surface area contributed by atoms with Gasteiger partial charge in [0.15, 0.2) is 17.5 Å². The Balaban J connectivity index is 0.765. The first kappa shape index (κ1) is 45.7. The third kappa shape index (κ3) is 8.29. The Labute approximate surface area is 457 Å². The van der Waals surface area contributed by atoms with Crippen LogP contribution in [0.5, 0.6) is 0 Å². The monoisotopic (exact) mass is 1010 g/mol. The van der Waals surface area contributed by atoms with E-state index in [0.717, 1.165) is 94.4 Å². The van der Waals surface area contributed by atoms with Crippen LogP contribution in [0, 0.1) is 0 Å². The van der Waals surface area contributed by atoms with E-state index in [-0.39, 0.29) is 0 Å². The maximum Gasteiger partial charge on any atom is 0.164 e. The predicted molar refractivity (Wildman–Crippen MR) is 328 cm³/mol. The Morgan fingerprint density at radius 3 is 1.24 bits per heavy atom. The molecule has 0 N–H and O–H groups in total. The molecule has 0 aliphatic carbocycles. The largest absolute Gasteiger partial charge is 0.309 e. The summed E-state index contributed by atoms with van der Waals surface area (Å²) < 4.78 is 2.37. The summed E-state index contributed by atoms with van der Waals surface area (Å²) in [5.41, 5.74) is 18.3. The van der Waals surface area contributed by atoms with Gasteiger partial charge < -0.3 is 4.57 Å². The first-order valence-electron chi connectivity index (χ1n) is 26.8. The van der Waals surface area contributed by atoms with Crippen LogP contribution in [-0.2, 0) is 0 Å².